The maximum atomic E-state index is 11.6. The molecule has 2 rings (SSSR count). The van der Waals surface area contributed by atoms with Crippen LogP contribution in [-0.2, 0) is 0 Å². The summed E-state index contributed by atoms with van der Waals surface area (Å²) in [4.78, 5) is 11.6. The smallest absolute Gasteiger partial charge is 0.269 e. The van der Waals surface area contributed by atoms with Gasteiger partial charge in [0.1, 0.15) is 0 Å². The second-order valence-electron chi connectivity index (χ2n) is 3.47. The van der Waals surface area contributed by atoms with Gasteiger partial charge < -0.3 is 5.43 Å². The highest BCUT2D eigenvalue weighted by Crippen LogP contribution is 2.09. The molecule has 0 radical (unpaired) electrons. The van der Waals surface area contributed by atoms with Gasteiger partial charge in [-0.1, -0.05) is 25.1 Å². The highest BCUT2D eigenvalue weighted by atomic mass is 16.1. The van der Waals surface area contributed by atoms with Crippen molar-refractivity contribution in [1.29, 1.82) is 0 Å². The Morgan fingerprint density at radius 3 is 2.80 bits per heavy atom. The second-order valence-corrected chi connectivity index (χ2v) is 3.47. The van der Waals surface area contributed by atoms with E-state index in [2.05, 4.69) is 12.3 Å². The molecule has 0 fully saturated rings. The van der Waals surface area contributed by atoms with Gasteiger partial charge in [-0.3, -0.25) is 4.79 Å². The number of fused-ring (bicyclic) bond motifs is 1. The van der Waals surface area contributed by atoms with E-state index in [0.29, 0.717) is 0 Å². The largest absolute Gasteiger partial charge is 0.323 e. The molecular weight excluding hydrogens is 188 g/mol. The summed E-state index contributed by atoms with van der Waals surface area (Å²) in [7, 11) is 0. The molecule has 0 aliphatic carbocycles. The molecule has 1 heterocycles. The van der Waals surface area contributed by atoms with Gasteiger partial charge in [-0.05, 0) is 18.6 Å². The third-order valence-electron chi connectivity index (χ3n) is 2.32. The molecular formula is C12H14N2O. The maximum Gasteiger partial charge on any atom is 0.269 e. The molecule has 0 aliphatic heterocycles. The summed E-state index contributed by atoms with van der Waals surface area (Å²) >= 11 is 0. The Kier molecular flexibility index (Phi) is 2.72. The van der Waals surface area contributed by atoms with Crippen molar-refractivity contribution in [3.8, 4) is 0 Å². The van der Waals surface area contributed by atoms with Gasteiger partial charge in [0.05, 0.1) is 5.52 Å². The topological polar surface area (TPSA) is 34.0 Å². The monoisotopic (exact) mass is 202 g/mol. The quantitative estimate of drug-likeness (QED) is 0.825. The van der Waals surface area contributed by atoms with Crippen LogP contribution < -0.4 is 11.0 Å². The molecule has 0 aliphatic rings. The molecule has 0 bridgehead atoms. The third-order valence-corrected chi connectivity index (χ3v) is 2.32. The van der Waals surface area contributed by atoms with Gasteiger partial charge in [0, 0.05) is 18.0 Å². The van der Waals surface area contributed by atoms with Crippen molar-refractivity contribution in [2.24, 2.45) is 0 Å². The van der Waals surface area contributed by atoms with Crippen LogP contribution in [0.4, 0.5) is 0 Å². The first-order chi connectivity index (χ1) is 7.33. The van der Waals surface area contributed by atoms with Gasteiger partial charge in [0.2, 0.25) is 0 Å². The van der Waals surface area contributed by atoms with Crippen LogP contribution in [0.3, 0.4) is 0 Å². The average Bonchev–Trinajstić information content (AvgIpc) is 2.28. The molecule has 0 unspecified atom stereocenters. The van der Waals surface area contributed by atoms with E-state index in [1.165, 1.54) is 0 Å². The van der Waals surface area contributed by atoms with Crippen LogP contribution in [-0.4, -0.2) is 11.2 Å². The van der Waals surface area contributed by atoms with E-state index in [1.807, 2.05) is 30.3 Å². The van der Waals surface area contributed by atoms with Crippen molar-refractivity contribution in [2.45, 2.75) is 13.3 Å². The standard InChI is InChI=1S/C12H14N2O/c1-2-9-13-14-11-6-4-3-5-10(11)7-8-12(14)15/h3-8,13H,2,9H2,1H3. The average molecular weight is 202 g/mol. The lowest BCUT2D eigenvalue weighted by atomic mass is 10.2. The van der Waals surface area contributed by atoms with Crippen molar-refractivity contribution in [1.82, 2.24) is 4.68 Å². The lowest BCUT2D eigenvalue weighted by Gasteiger charge is -2.11. The summed E-state index contributed by atoms with van der Waals surface area (Å²) in [5.41, 5.74) is 4.03. The lowest BCUT2D eigenvalue weighted by Crippen LogP contribution is -2.28. The Bertz CT molecular complexity index is 516. The number of nitrogens with one attached hydrogen (secondary N) is 1. The molecule has 78 valence electrons. The normalized spacial score (nSPS) is 10.5. The summed E-state index contributed by atoms with van der Waals surface area (Å²) in [5, 5.41) is 1.07. The van der Waals surface area contributed by atoms with Crippen molar-refractivity contribution < 1.29 is 0 Å². The third kappa shape index (κ3) is 1.86. The summed E-state index contributed by atoms with van der Waals surface area (Å²) in [5.74, 6) is 0. The van der Waals surface area contributed by atoms with Crippen LogP contribution in [0.5, 0.6) is 0 Å². The Morgan fingerprint density at radius 2 is 2.00 bits per heavy atom. The minimum atomic E-state index is -0.0119. The summed E-state index contributed by atoms with van der Waals surface area (Å²) in [6.45, 7) is 2.87. The number of hydrogen-bond donors (Lipinski definition) is 1. The van der Waals surface area contributed by atoms with Crippen LogP contribution in [0.1, 0.15) is 13.3 Å². The van der Waals surface area contributed by atoms with E-state index >= 15 is 0 Å². The number of rotatable bonds is 3. The SMILES string of the molecule is CCCNn1c(=O)ccc2ccccc21. The van der Waals surface area contributed by atoms with Gasteiger partial charge in [0.25, 0.3) is 5.56 Å². The van der Waals surface area contributed by atoms with Gasteiger partial charge in [-0.15, -0.1) is 0 Å². The molecule has 0 amide bonds. The van der Waals surface area contributed by atoms with E-state index in [-0.39, 0.29) is 5.56 Å². The number of nitrogens with zero attached hydrogens (tertiary/aromatic N) is 1. The molecule has 1 aromatic carbocycles. The molecule has 0 atom stereocenters. The zero-order chi connectivity index (χ0) is 10.7. The Hall–Kier alpha value is -1.77. The zero-order valence-electron chi connectivity index (χ0n) is 8.73. The highest BCUT2D eigenvalue weighted by Gasteiger charge is 2.00. The fourth-order valence-electron chi connectivity index (χ4n) is 1.57. The van der Waals surface area contributed by atoms with Crippen LogP contribution >= 0.6 is 0 Å². The fourth-order valence-corrected chi connectivity index (χ4v) is 1.57. The Labute approximate surface area is 88.3 Å². The van der Waals surface area contributed by atoms with Crippen molar-refractivity contribution >= 4 is 10.9 Å². The number of benzene rings is 1. The first-order valence-electron chi connectivity index (χ1n) is 5.17. The van der Waals surface area contributed by atoms with Crippen LogP contribution in [0.2, 0.25) is 0 Å². The van der Waals surface area contributed by atoms with E-state index in [4.69, 9.17) is 0 Å². The molecule has 3 nitrogen and oxygen atoms in total. The van der Waals surface area contributed by atoms with E-state index in [1.54, 1.807) is 10.7 Å². The predicted octanol–water partition coefficient (Wildman–Crippen LogP) is 1.95. The van der Waals surface area contributed by atoms with Gasteiger partial charge in [-0.25, -0.2) is 4.68 Å². The summed E-state index contributed by atoms with van der Waals surface area (Å²) < 4.78 is 1.61. The first-order valence-corrected chi connectivity index (χ1v) is 5.17. The molecule has 0 spiro atoms. The number of hydrogen-bond acceptors (Lipinski definition) is 2. The molecule has 2 aromatic rings. The molecule has 15 heavy (non-hydrogen) atoms. The lowest BCUT2D eigenvalue weighted by molar-refractivity contribution is 0.805. The molecule has 1 aromatic heterocycles. The van der Waals surface area contributed by atoms with Crippen LogP contribution in [0.15, 0.2) is 41.2 Å². The van der Waals surface area contributed by atoms with Crippen molar-refractivity contribution in [2.75, 3.05) is 12.0 Å². The minimum absolute atomic E-state index is 0.0119. The predicted molar refractivity (Wildman–Crippen MR) is 62.7 cm³/mol. The molecule has 0 saturated heterocycles. The molecule has 3 heteroatoms. The second kappa shape index (κ2) is 4.17. The van der Waals surface area contributed by atoms with Crippen molar-refractivity contribution in [3.05, 3.63) is 46.8 Å². The van der Waals surface area contributed by atoms with Crippen LogP contribution in [0.25, 0.3) is 10.9 Å². The van der Waals surface area contributed by atoms with Crippen molar-refractivity contribution in [3.63, 3.8) is 0 Å². The fraction of sp³-hybridized carbons (Fsp3) is 0.250. The number of aromatic nitrogens is 1. The summed E-state index contributed by atoms with van der Waals surface area (Å²) in [6.07, 6.45) is 0.996. The van der Waals surface area contributed by atoms with E-state index in [9.17, 15) is 4.79 Å². The summed E-state index contributed by atoms with van der Waals surface area (Å²) in [6, 6.07) is 11.3. The van der Waals surface area contributed by atoms with Crippen LogP contribution in [0, 0.1) is 0 Å². The number of para-hydroxylation sites is 1. The van der Waals surface area contributed by atoms with E-state index < -0.39 is 0 Å². The van der Waals surface area contributed by atoms with Gasteiger partial charge in [0.15, 0.2) is 0 Å². The Morgan fingerprint density at radius 1 is 1.20 bits per heavy atom. The maximum absolute atomic E-state index is 11.6. The molecule has 0 saturated carbocycles. The Balaban J connectivity index is 2.58. The van der Waals surface area contributed by atoms with Gasteiger partial charge >= 0.3 is 0 Å². The minimum Gasteiger partial charge on any atom is -0.323 e. The molecule has 1 N–H and O–H groups in total. The highest BCUT2D eigenvalue weighted by molar-refractivity contribution is 5.78. The number of pyridine rings is 1. The zero-order valence-corrected chi connectivity index (χ0v) is 8.73. The first kappa shape index (κ1) is 9.77. The van der Waals surface area contributed by atoms with Gasteiger partial charge in [-0.2, -0.15) is 0 Å². The van der Waals surface area contributed by atoms with E-state index in [0.717, 1.165) is 23.9 Å².